The van der Waals surface area contributed by atoms with E-state index in [0.29, 0.717) is 11.6 Å². The normalized spacial score (nSPS) is 13.9. The molecule has 114 valence electrons. The third-order valence-electron chi connectivity index (χ3n) is 3.66. The van der Waals surface area contributed by atoms with Crippen LogP contribution < -0.4 is 0 Å². The van der Waals surface area contributed by atoms with E-state index < -0.39 is 5.97 Å². The number of carboxylic acids is 1. The molecule has 3 rings (SSSR count). The molecule has 0 aliphatic heterocycles. The summed E-state index contributed by atoms with van der Waals surface area (Å²) < 4.78 is 1.61. The van der Waals surface area contributed by atoms with Crippen LogP contribution in [0.2, 0.25) is 0 Å². The second-order valence-electron chi connectivity index (χ2n) is 5.53. The maximum absolute atomic E-state index is 12.5. The Morgan fingerprint density at radius 3 is 2.59 bits per heavy atom. The Morgan fingerprint density at radius 1 is 1.32 bits per heavy atom. The van der Waals surface area contributed by atoms with E-state index in [1.807, 2.05) is 30.3 Å². The summed E-state index contributed by atoms with van der Waals surface area (Å²) in [5.41, 5.74) is 2.09. The van der Waals surface area contributed by atoms with Crippen molar-refractivity contribution in [3.05, 3.63) is 47.8 Å². The van der Waals surface area contributed by atoms with Gasteiger partial charge in [-0.25, -0.2) is 4.68 Å². The summed E-state index contributed by atoms with van der Waals surface area (Å²) in [6.07, 6.45) is 2.18. The number of benzene rings is 1. The lowest BCUT2D eigenvalue weighted by atomic mass is 10.2. The van der Waals surface area contributed by atoms with Crippen molar-refractivity contribution in [1.82, 2.24) is 14.7 Å². The molecule has 22 heavy (non-hydrogen) atoms. The van der Waals surface area contributed by atoms with Crippen molar-refractivity contribution in [2.24, 2.45) is 0 Å². The van der Waals surface area contributed by atoms with Crippen LogP contribution in [0.25, 0.3) is 5.69 Å². The van der Waals surface area contributed by atoms with Gasteiger partial charge in [-0.05, 0) is 31.0 Å². The van der Waals surface area contributed by atoms with Crippen molar-refractivity contribution in [1.29, 1.82) is 0 Å². The highest BCUT2D eigenvalue weighted by Gasteiger charge is 2.30. The van der Waals surface area contributed by atoms with Gasteiger partial charge in [0.05, 0.1) is 11.4 Å². The van der Waals surface area contributed by atoms with Crippen molar-refractivity contribution >= 4 is 11.9 Å². The van der Waals surface area contributed by atoms with Crippen LogP contribution in [0.5, 0.6) is 0 Å². The molecule has 1 aliphatic rings. The summed E-state index contributed by atoms with van der Waals surface area (Å²) in [4.78, 5) is 24.5. The van der Waals surface area contributed by atoms with Crippen LogP contribution >= 0.6 is 0 Å². The van der Waals surface area contributed by atoms with E-state index in [4.69, 9.17) is 5.11 Å². The van der Waals surface area contributed by atoms with Gasteiger partial charge in [0.1, 0.15) is 12.2 Å². The van der Waals surface area contributed by atoms with Gasteiger partial charge in [-0.2, -0.15) is 5.10 Å². The lowest BCUT2D eigenvalue weighted by Gasteiger charge is -2.15. The Hall–Kier alpha value is -2.63. The fourth-order valence-corrected chi connectivity index (χ4v) is 2.37. The van der Waals surface area contributed by atoms with E-state index in [2.05, 4.69) is 5.10 Å². The highest BCUT2D eigenvalue weighted by molar-refractivity contribution is 5.94. The van der Waals surface area contributed by atoms with Crippen LogP contribution in [0.15, 0.2) is 36.4 Å². The second-order valence-corrected chi connectivity index (χ2v) is 5.53. The van der Waals surface area contributed by atoms with Gasteiger partial charge in [-0.1, -0.05) is 18.2 Å². The maximum Gasteiger partial charge on any atom is 0.323 e. The molecule has 1 N–H and O–H groups in total. The summed E-state index contributed by atoms with van der Waals surface area (Å²) >= 11 is 0. The third kappa shape index (κ3) is 2.86. The van der Waals surface area contributed by atoms with Gasteiger partial charge in [0.15, 0.2) is 0 Å². The van der Waals surface area contributed by atoms with E-state index in [1.54, 1.807) is 10.7 Å². The summed E-state index contributed by atoms with van der Waals surface area (Å²) in [7, 11) is 1.48. The average molecular weight is 299 g/mol. The first-order valence-corrected chi connectivity index (χ1v) is 7.19. The van der Waals surface area contributed by atoms with Gasteiger partial charge in [-0.15, -0.1) is 0 Å². The maximum atomic E-state index is 12.5. The molecule has 1 fully saturated rings. The first-order chi connectivity index (χ1) is 10.6. The molecule has 0 atom stereocenters. The Morgan fingerprint density at radius 2 is 2.00 bits per heavy atom. The van der Waals surface area contributed by atoms with Crippen molar-refractivity contribution in [3.8, 4) is 5.69 Å². The highest BCUT2D eigenvalue weighted by Crippen LogP contribution is 2.39. The number of likely N-dealkylation sites (N-methyl/N-ethyl adjacent to an activating group) is 1. The minimum Gasteiger partial charge on any atom is -0.480 e. The molecule has 1 aromatic carbocycles. The summed E-state index contributed by atoms with van der Waals surface area (Å²) in [6, 6.07) is 11.2. The zero-order valence-corrected chi connectivity index (χ0v) is 12.3. The molecule has 0 unspecified atom stereocenters. The standard InChI is InChI=1S/C16H17N3O3/c1-18(10-15(20)21)16(22)14-9-13(11-7-8-11)17-19(14)12-5-3-2-4-6-12/h2-6,9,11H,7-8,10H2,1H3,(H,20,21). The number of hydrogen-bond acceptors (Lipinski definition) is 3. The highest BCUT2D eigenvalue weighted by atomic mass is 16.4. The van der Waals surface area contributed by atoms with E-state index in [-0.39, 0.29) is 12.5 Å². The number of nitrogens with zero attached hydrogens (tertiary/aromatic N) is 3. The summed E-state index contributed by atoms with van der Waals surface area (Å²) in [6.45, 7) is -0.336. The Bertz CT molecular complexity index is 705. The lowest BCUT2D eigenvalue weighted by Crippen LogP contribution is -2.33. The Labute approximate surface area is 128 Å². The monoisotopic (exact) mass is 299 g/mol. The smallest absolute Gasteiger partial charge is 0.323 e. The SMILES string of the molecule is CN(CC(=O)O)C(=O)c1cc(C2CC2)nn1-c1ccccc1. The molecule has 0 bridgehead atoms. The predicted molar refractivity (Wildman–Crippen MR) is 80.1 cm³/mol. The molecular weight excluding hydrogens is 282 g/mol. The molecule has 1 aromatic heterocycles. The van der Waals surface area contributed by atoms with E-state index in [1.165, 1.54) is 11.9 Å². The van der Waals surface area contributed by atoms with Gasteiger partial charge in [-0.3, -0.25) is 9.59 Å². The van der Waals surface area contributed by atoms with E-state index in [9.17, 15) is 9.59 Å². The fraction of sp³-hybridized carbons (Fsp3) is 0.312. The molecule has 2 aromatic rings. The molecule has 1 heterocycles. The Kier molecular flexibility index (Phi) is 3.66. The van der Waals surface area contributed by atoms with Crippen LogP contribution in [0.1, 0.15) is 34.9 Å². The number of carbonyl (C=O) groups is 2. The molecule has 1 aliphatic carbocycles. The van der Waals surface area contributed by atoms with Crippen LogP contribution in [-0.2, 0) is 4.79 Å². The van der Waals surface area contributed by atoms with Crippen LogP contribution in [0, 0.1) is 0 Å². The molecule has 1 saturated carbocycles. The number of carbonyl (C=O) groups excluding carboxylic acids is 1. The number of rotatable bonds is 5. The van der Waals surface area contributed by atoms with Gasteiger partial charge >= 0.3 is 5.97 Å². The van der Waals surface area contributed by atoms with Crippen LogP contribution in [-0.4, -0.2) is 45.3 Å². The minimum absolute atomic E-state index is 0.336. The van der Waals surface area contributed by atoms with Crippen molar-refractivity contribution in [2.75, 3.05) is 13.6 Å². The minimum atomic E-state index is -1.04. The van der Waals surface area contributed by atoms with Gasteiger partial charge in [0.25, 0.3) is 5.91 Å². The zero-order chi connectivity index (χ0) is 15.7. The number of para-hydroxylation sites is 1. The first kappa shape index (κ1) is 14.3. The van der Waals surface area contributed by atoms with E-state index in [0.717, 1.165) is 24.2 Å². The number of aromatic nitrogens is 2. The molecule has 0 spiro atoms. The molecular formula is C16H17N3O3. The molecule has 0 saturated heterocycles. The quantitative estimate of drug-likeness (QED) is 0.915. The molecule has 6 heteroatoms. The topological polar surface area (TPSA) is 75.4 Å². The van der Waals surface area contributed by atoms with Gasteiger partial charge < -0.3 is 10.0 Å². The number of carboxylic acid groups (broad SMARTS) is 1. The van der Waals surface area contributed by atoms with Gasteiger partial charge in [0, 0.05) is 13.0 Å². The van der Waals surface area contributed by atoms with Crippen molar-refractivity contribution < 1.29 is 14.7 Å². The van der Waals surface area contributed by atoms with Crippen molar-refractivity contribution in [2.45, 2.75) is 18.8 Å². The molecule has 0 radical (unpaired) electrons. The zero-order valence-electron chi connectivity index (χ0n) is 12.3. The lowest BCUT2D eigenvalue weighted by molar-refractivity contribution is -0.137. The summed E-state index contributed by atoms with van der Waals surface area (Å²) in [5, 5.41) is 13.4. The average Bonchev–Trinajstić information content (AvgIpc) is 3.26. The summed E-state index contributed by atoms with van der Waals surface area (Å²) in [5.74, 6) is -0.962. The number of aliphatic carboxylic acids is 1. The number of amides is 1. The van der Waals surface area contributed by atoms with Crippen LogP contribution in [0.3, 0.4) is 0 Å². The number of hydrogen-bond donors (Lipinski definition) is 1. The van der Waals surface area contributed by atoms with Crippen LogP contribution in [0.4, 0.5) is 0 Å². The molecule has 1 amide bonds. The third-order valence-corrected chi connectivity index (χ3v) is 3.66. The Balaban J connectivity index is 1.98. The van der Waals surface area contributed by atoms with Gasteiger partial charge in [0.2, 0.25) is 0 Å². The molecule has 6 nitrogen and oxygen atoms in total. The fourth-order valence-electron chi connectivity index (χ4n) is 2.37. The van der Waals surface area contributed by atoms with Crippen molar-refractivity contribution in [3.63, 3.8) is 0 Å². The largest absolute Gasteiger partial charge is 0.480 e. The van der Waals surface area contributed by atoms with E-state index >= 15 is 0 Å². The second kappa shape index (κ2) is 5.63. The predicted octanol–water partition coefficient (Wildman–Crippen LogP) is 1.91. The first-order valence-electron chi connectivity index (χ1n) is 7.19.